The van der Waals surface area contributed by atoms with Crippen LogP contribution in [-0.4, -0.2) is 20.2 Å². The summed E-state index contributed by atoms with van der Waals surface area (Å²) in [6.45, 7) is 7.72. The van der Waals surface area contributed by atoms with E-state index in [0.717, 1.165) is 43.4 Å². The molecule has 0 fully saturated rings. The van der Waals surface area contributed by atoms with Gasteiger partial charge in [0.2, 0.25) is 11.8 Å². The van der Waals surface area contributed by atoms with Gasteiger partial charge in [-0.25, -0.2) is 9.97 Å². The monoisotopic (exact) mass is 368 g/mol. The van der Waals surface area contributed by atoms with Crippen molar-refractivity contribution in [3.05, 3.63) is 34.7 Å². The zero-order valence-corrected chi connectivity index (χ0v) is 15.7. The maximum absolute atomic E-state index is 5.56. The highest BCUT2D eigenvalue weighted by Crippen LogP contribution is 2.32. The molecule has 0 saturated heterocycles. The topological polar surface area (TPSA) is 77.8 Å². The lowest BCUT2D eigenvalue weighted by molar-refractivity contribution is 0.489. The number of thioether (sulfide) groups is 2. The van der Waals surface area contributed by atoms with E-state index in [4.69, 9.17) is 8.83 Å². The standard InChI is InChI=1S/C14H16N4O2S3/c1-7-9(3)19-11(15-7)5-21-13-17-18-14(23-13)22-6-12-16-8(2)10(4)20-12/h5-6H2,1-4H3. The van der Waals surface area contributed by atoms with E-state index in [1.54, 1.807) is 34.9 Å². The maximum Gasteiger partial charge on any atom is 0.205 e. The maximum atomic E-state index is 5.56. The van der Waals surface area contributed by atoms with Crippen LogP contribution in [0.4, 0.5) is 0 Å². The third-order valence-electron chi connectivity index (χ3n) is 3.17. The lowest BCUT2D eigenvalue weighted by Crippen LogP contribution is -1.81. The third kappa shape index (κ3) is 4.15. The number of aromatic nitrogens is 4. The Kier molecular flexibility index (Phi) is 5.08. The summed E-state index contributed by atoms with van der Waals surface area (Å²) in [6, 6.07) is 0. The van der Waals surface area contributed by atoms with Crippen LogP contribution < -0.4 is 0 Å². The number of aryl methyl sites for hydroxylation is 4. The van der Waals surface area contributed by atoms with Crippen LogP contribution in [0.15, 0.2) is 17.5 Å². The van der Waals surface area contributed by atoms with Gasteiger partial charge < -0.3 is 8.83 Å². The summed E-state index contributed by atoms with van der Waals surface area (Å²) in [5, 5.41) is 8.37. The summed E-state index contributed by atoms with van der Waals surface area (Å²) in [6.07, 6.45) is 0. The van der Waals surface area contributed by atoms with Crippen molar-refractivity contribution in [2.24, 2.45) is 0 Å². The van der Waals surface area contributed by atoms with Crippen LogP contribution in [0.2, 0.25) is 0 Å². The molecule has 3 rings (SSSR count). The van der Waals surface area contributed by atoms with Gasteiger partial charge in [-0.3, -0.25) is 0 Å². The quantitative estimate of drug-likeness (QED) is 0.595. The summed E-state index contributed by atoms with van der Waals surface area (Å²) in [7, 11) is 0. The normalized spacial score (nSPS) is 11.3. The molecular formula is C14H16N4O2S3. The highest BCUT2D eigenvalue weighted by Gasteiger charge is 2.11. The molecule has 3 aromatic heterocycles. The average Bonchev–Trinajstić information content (AvgIpc) is 3.17. The number of nitrogens with zero attached hydrogens (tertiary/aromatic N) is 4. The van der Waals surface area contributed by atoms with Crippen LogP contribution in [0.5, 0.6) is 0 Å². The number of hydrogen-bond donors (Lipinski definition) is 0. The molecule has 3 heterocycles. The van der Waals surface area contributed by atoms with Gasteiger partial charge in [0.1, 0.15) is 11.5 Å². The second-order valence-electron chi connectivity index (χ2n) is 4.91. The molecule has 0 atom stereocenters. The number of hydrogen-bond acceptors (Lipinski definition) is 9. The minimum absolute atomic E-state index is 0.659. The molecule has 0 saturated carbocycles. The van der Waals surface area contributed by atoms with Crippen molar-refractivity contribution in [2.75, 3.05) is 0 Å². The molecule has 0 amide bonds. The van der Waals surface area contributed by atoms with Crippen LogP contribution >= 0.6 is 34.9 Å². The molecule has 0 aromatic carbocycles. The van der Waals surface area contributed by atoms with Gasteiger partial charge >= 0.3 is 0 Å². The Labute approximate surface area is 146 Å². The predicted octanol–water partition coefficient (Wildman–Crippen LogP) is 4.33. The van der Waals surface area contributed by atoms with Crippen molar-refractivity contribution in [3.8, 4) is 0 Å². The lowest BCUT2D eigenvalue weighted by atomic mass is 10.4. The SMILES string of the molecule is Cc1nc(CSc2nnc(SCc3nc(C)c(C)o3)s2)oc1C. The summed E-state index contributed by atoms with van der Waals surface area (Å²) in [5.74, 6) is 4.50. The fourth-order valence-electron chi connectivity index (χ4n) is 1.76. The van der Waals surface area contributed by atoms with Gasteiger partial charge in [-0.05, 0) is 27.7 Å². The van der Waals surface area contributed by atoms with Gasteiger partial charge in [0.05, 0.1) is 22.9 Å². The van der Waals surface area contributed by atoms with Crippen molar-refractivity contribution in [1.82, 2.24) is 20.2 Å². The van der Waals surface area contributed by atoms with Crippen LogP contribution in [0.25, 0.3) is 0 Å². The second-order valence-corrected chi connectivity index (χ2v) is 8.33. The molecule has 9 heteroatoms. The third-order valence-corrected chi connectivity index (χ3v) is 6.33. The molecule has 0 radical (unpaired) electrons. The Bertz CT molecular complexity index is 705. The van der Waals surface area contributed by atoms with Gasteiger partial charge in [-0.15, -0.1) is 10.2 Å². The molecule has 122 valence electrons. The molecule has 0 aliphatic carbocycles. The second kappa shape index (κ2) is 7.06. The van der Waals surface area contributed by atoms with Crippen molar-refractivity contribution in [1.29, 1.82) is 0 Å². The first kappa shape index (κ1) is 16.5. The van der Waals surface area contributed by atoms with E-state index in [1.807, 2.05) is 27.7 Å². The smallest absolute Gasteiger partial charge is 0.205 e. The molecular weight excluding hydrogens is 352 g/mol. The fourth-order valence-corrected chi connectivity index (χ4v) is 4.47. The first-order valence-corrected chi connectivity index (χ1v) is 9.75. The van der Waals surface area contributed by atoms with E-state index in [0.29, 0.717) is 11.5 Å². The van der Waals surface area contributed by atoms with Crippen molar-refractivity contribution < 1.29 is 8.83 Å². The minimum Gasteiger partial charge on any atom is -0.445 e. The summed E-state index contributed by atoms with van der Waals surface area (Å²) >= 11 is 4.72. The Morgan fingerprint density at radius 1 is 0.783 bits per heavy atom. The molecule has 3 aromatic rings. The predicted molar refractivity (Wildman–Crippen MR) is 91.0 cm³/mol. The van der Waals surface area contributed by atoms with E-state index in [-0.39, 0.29) is 0 Å². The van der Waals surface area contributed by atoms with Gasteiger partial charge in [0.25, 0.3) is 0 Å². The van der Waals surface area contributed by atoms with Crippen molar-refractivity contribution in [2.45, 2.75) is 47.9 Å². The molecule has 0 unspecified atom stereocenters. The zero-order valence-electron chi connectivity index (χ0n) is 13.2. The average molecular weight is 369 g/mol. The highest BCUT2D eigenvalue weighted by molar-refractivity contribution is 8.02. The minimum atomic E-state index is 0.659. The summed E-state index contributed by atoms with van der Waals surface area (Å²) in [4.78, 5) is 8.72. The van der Waals surface area contributed by atoms with Crippen molar-refractivity contribution in [3.63, 3.8) is 0 Å². The van der Waals surface area contributed by atoms with E-state index in [9.17, 15) is 0 Å². The van der Waals surface area contributed by atoms with Gasteiger partial charge in [0.15, 0.2) is 8.68 Å². The van der Waals surface area contributed by atoms with Crippen LogP contribution in [0.1, 0.15) is 34.7 Å². The van der Waals surface area contributed by atoms with E-state index >= 15 is 0 Å². The Balaban J connectivity index is 1.53. The Hall–Kier alpha value is -1.32. The molecule has 0 aliphatic rings. The fraction of sp³-hybridized carbons (Fsp3) is 0.429. The van der Waals surface area contributed by atoms with E-state index < -0.39 is 0 Å². The highest BCUT2D eigenvalue weighted by atomic mass is 32.2. The van der Waals surface area contributed by atoms with E-state index in [2.05, 4.69) is 20.2 Å². The first-order chi connectivity index (χ1) is 11.0. The largest absolute Gasteiger partial charge is 0.445 e. The Morgan fingerprint density at radius 2 is 1.22 bits per heavy atom. The molecule has 23 heavy (non-hydrogen) atoms. The van der Waals surface area contributed by atoms with Crippen LogP contribution in [0.3, 0.4) is 0 Å². The lowest BCUT2D eigenvalue weighted by Gasteiger charge is -1.92. The number of oxazole rings is 2. The summed E-state index contributed by atoms with van der Waals surface area (Å²) < 4.78 is 12.9. The number of rotatable bonds is 6. The molecule has 6 nitrogen and oxygen atoms in total. The molecule has 0 aliphatic heterocycles. The zero-order chi connectivity index (χ0) is 16.4. The van der Waals surface area contributed by atoms with Crippen LogP contribution in [-0.2, 0) is 11.5 Å². The van der Waals surface area contributed by atoms with Crippen molar-refractivity contribution >= 4 is 34.9 Å². The Morgan fingerprint density at radius 3 is 1.57 bits per heavy atom. The van der Waals surface area contributed by atoms with Crippen LogP contribution in [0, 0.1) is 27.7 Å². The molecule has 0 N–H and O–H groups in total. The van der Waals surface area contributed by atoms with E-state index in [1.165, 1.54) is 0 Å². The van der Waals surface area contributed by atoms with Gasteiger partial charge in [0, 0.05) is 0 Å². The van der Waals surface area contributed by atoms with Gasteiger partial charge in [-0.2, -0.15) is 0 Å². The van der Waals surface area contributed by atoms with Gasteiger partial charge in [-0.1, -0.05) is 34.9 Å². The summed E-state index contributed by atoms with van der Waals surface area (Å²) in [5.41, 5.74) is 1.87. The molecule has 0 spiro atoms. The first-order valence-electron chi connectivity index (χ1n) is 6.96. The molecule has 0 bridgehead atoms.